The topological polar surface area (TPSA) is 12.0 Å². The Morgan fingerprint density at radius 3 is 2.06 bits per heavy atom. The summed E-state index contributed by atoms with van der Waals surface area (Å²) in [7, 11) is 0. The molecule has 0 radical (unpaired) electrons. The summed E-state index contributed by atoms with van der Waals surface area (Å²) in [5.41, 5.74) is 4.05. The molecule has 0 unspecified atom stereocenters. The van der Waals surface area contributed by atoms with E-state index in [9.17, 15) is 0 Å². The van der Waals surface area contributed by atoms with Crippen molar-refractivity contribution in [1.29, 1.82) is 0 Å². The quantitative estimate of drug-likeness (QED) is 0.833. The van der Waals surface area contributed by atoms with Crippen molar-refractivity contribution in [2.75, 3.05) is 0 Å². The first-order valence-corrected chi connectivity index (χ1v) is 6.55. The van der Waals surface area contributed by atoms with Crippen LogP contribution in [-0.2, 0) is 0 Å². The van der Waals surface area contributed by atoms with Gasteiger partial charge in [0.1, 0.15) is 0 Å². The first-order chi connectivity index (χ1) is 8.68. The van der Waals surface area contributed by atoms with Crippen molar-refractivity contribution in [3.05, 3.63) is 71.3 Å². The molecule has 0 saturated carbocycles. The summed E-state index contributed by atoms with van der Waals surface area (Å²) in [6, 6.07) is 19.9. The fourth-order valence-corrected chi connectivity index (χ4v) is 2.38. The van der Waals surface area contributed by atoms with Gasteiger partial charge in [-0.1, -0.05) is 54.6 Å². The third kappa shape index (κ3) is 2.99. The van der Waals surface area contributed by atoms with E-state index >= 15 is 0 Å². The van der Waals surface area contributed by atoms with Gasteiger partial charge in [0.2, 0.25) is 0 Å². The van der Waals surface area contributed by atoms with Crippen LogP contribution in [0.5, 0.6) is 0 Å². The molecule has 0 fully saturated rings. The molecule has 2 rings (SSSR count). The molecule has 18 heavy (non-hydrogen) atoms. The van der Waals surface area contributed by atoms with Crippen molar-refractivity contribution in [3.63, 3.8) is 0 Å². The van der Waals surface area contributed by atoms with Gasteiger partial charge in [-0.25, -0.2) is 0 Å². The maximum Gasteiger partial charge on any atom is 0.0300 e. The molecule has 0 saturated heterocycles. The van der Waals surface area contributed by atoms with Gasteiger partial charge in [0.05, 0.1) is 0 Å². The average molecular weight is 239 g/mol. The Morgan fingerprint density at radius 2 is 1.39 bits per heavy atom. The number of hydrogen-bond acceptors (Lipinski definition) is 1. The Kier molecular flexibility index (Phi) is 4.16. The molecule has 2 atom stereocenters. The maximum atomic E-state index is 3.65. The molecule has 1 nitrogen and oxygen atoms in total. The van der Waals surface area contributed by atoms with E-state index in [2.05, 4.69) is 80.7 Å². The van der Waals surface area contributed by atoms with Gasteiger partial charge < -0.3 is 5.32 Å². The van der Waals surface area contributed by atoms with E-state index in [1.807, 2.05) is 0 Å². The lowest BCUT2D eigenvalue weighted by molar-refractivity contribution is 0.493. The van der Waals surface area contributed by atoms with E-state index in [1.54, 1.807) is 0 Å². The molecule has 0 aliphatic heterocycles. The van der Waals surface area contributed by atoms with Gasteiger partial charge in [-0.3, -0.25) is 0 Å². The lowest BCUT2D eigenvalue weighted by Crippen LogP contribution is -2.23. The molecule has 2 aromatic carbocycles. The molecule has 0 amide bonds. The predicted molar refractivity (Wildman–Crippen MR) is 77.6 cm³/mol. The fourth-order valence-electron chi connectivity index (χ4n) is 2.38. The van der Waals surface area contributed by atoms with Crippen molar-refractivity contribution in [1.82, 2.24) is 5.32 Å². The molecule has 2 aromatic rings. The Hall–Kier alpha value is -1.60. The molecule has 1 heteroatoms. The van der Waals surface area contributed by atoms with Crippen LogP contribution in [0.15, 0.2) is 54.6 Å². The molecule has 0 bridgehead atoms. The summed E-state index contributed by atoms with van der Waals surface area (Å²) in [6.45, 7) is 6.60. The zero-order chi connectivity index (χ0) is 13.0. The largest absolute Gasteiger partial charge is 0.304 e. The zero-order valence-corrected chi connectivity index (χ0v) is 11.4. The van der Waals surface area contributed by atoms with Gasteiger partial charge in [-0.05, 0) is 37.5 Å². The van der Waals surface area contributed by atoms with Crippen LogP contribution in [0.2, 0.25) is 0 Å². The van der Waals surface area contributed by atoms with E-state index in [1.165, 1.54) is 16.7 Å². The minimum Gasteiger partial charge on any atom is -0.304 e. The van der Waals surface area contributed by atoms with Crippen molar-refractivity contribution in [2.24, 2.45) is 0 Å². The fraction of sp³-hybridized carbons (Fsp3) is 0.294. The first kappa shape index (κ1) is 12.8. The van der Waals surface area contributed by atoms with Crippen LogP contribution in [-0.4, -0.2) is 0 Å². The SMILES string of the molecule is Cc1ccccc1[C@@H](C)N[C@H](C)c1ccccc1. The average Bonchev–Trinajstić information content (AvgIpc) is 2.40. The number of aryl methyl sites for hydroxylation is 1. The number of rotatable bonds is 4. The van der Waals surface area contributed by atoms with Crippen LogP contribution in [0.1, 0.15) is 42.6 Å². The first-order valence-electron chi connectivity index (χ1n) is 6.55. The van der Waals surface area contributed by atoms with Crippen LogP contribution in [0, 0.1) is 6.92 Å². The van der Waals surface area contributed by atoms with Crippen LogP contribution >= 0.6 is 0 Å². The highest BCUT2D eigenvalue weighted by atomic mass is 14.9. The molecule has 0 aliphatic carbocycles. The molecular weight excluding hydrogens is 218 g/mol. The highest BCUT2D eigenvalue weighted by Crippen LogP contribution is 2.21. The molecule has 0 aromatic heterocycles. The number of nitrogens with one attached hydrogen (secondary N) is 1. The predicted octanol–water partition coefficient (Wildman–Crippen LogP) is 4.41. The summed E-state index contributed by atoms with van der Waals surface area (Å²) >= 11 is 0. The highest BCUT2D eigenvalue weighted by molar-refractivity contribution is 5.29. The summed E-state index contributed by atoms with van der Waals surface area (Å²) in [6.07, 6.45) is 0. The van der Waals surface area contributed by atoms with Crippen molar-refractivity contribution >= 4 is 0 Å². The Bertz CT molecular complexity index is 490. The van der Waals surface area contributed by atoms with Crippen molar-refractivity contribution in [3.8, 4) is 0 Å². The molecule has 0 spiro atoms. The maximum absolute atomic E-state index is 3.65. The van der Waals surface area contributed by atoms with Crippen LogP contribution in [0.3, 0.4) is 0 Å². The van der Waals surface area contributed by atoms with Gasteiger partial charge in [0, 0.05) is 12.1 Å². The number of hydrogen-bond donors (Lipinski definition) is 1. The minimum absolute atomic E-state index is 0.362. The monoisotopic (exact) mass is 239 g/mol. The van der Waals surface area contributed by atoms with E-state index in [0.29, 0.717) is 12.1 Å². The molecular formula is C17H21N. The van der Waals surface area contributed by atoms with E-state index in [4.69, 9.17) is 0 Å². The summed E-state index contributed by atoms with van der Waals surface area (Å²) in [5, 5.41) is 3.65. The second-order valence-corrected chi connectivity index (χ2v) is 4.88. The number of benzene rings is 2. The van der Waals surface area contributed by atoms with E-state index in [-0.39, 0.29) is 0 Å². The second kappa shape index (κ2) is 5.83. The molecule has 0 aliphatic rings. The van der Waals surface area contributed by atoms with Crippen molar-refractivity contribution in [2.45, 2.75) is 32.9 Å². The summed E-state index contributed by atoms with van der Waals surface area (Å²) in [5.74, 6) is 0. The molecule has 0 heterocycles. The van der Waals surface area contributed by atoms with Crippen LogP contribution in [0.25, 0.3) is 0 Å². The summed E-state index contributed by atoms with van der Waals surface area (Å²) < 4.78 is 0. The second-order valence-electron chi connectivity index (χ2n) is 4.88. The van der Waals surface area contributed by atoms with Gasteiger partial charge in [0.15, 0.2) is 0 Å². The van der Waals surface area contributed by atoms with Crippen LogP contribution in [0.4, 0.5) is 0 Å². The Morgan fingerprint density at radius 1 is 0.778 bits per heavy atom. The lowest BCUT2D eigenvalue weighted by atomic mass is 10.0. The van der Waals surface area contributed by atoms with Gasteiger partial charge in [0.25, 0.3) is 0 Å². The lowest BCUT2D eigenvalue weighted by Gasteiger charge is -2.22. The summed E-state index contributed by atoms with van der Waals surface area (Å²) in [4.78, 5) is 0. The zero-order valence-electron chi connectivity index (χ0n) is 11.4. The minimum atomic E-state index is 0.362. The van der Waals surface area contributed by atoms with Gasteiger partial charge >= 0.3 is 0 Å². The third-order valence-electron chi connectivity index (χ3n) is 3.45. The van der Waals surface area contributed by atoms with E-state index in [0.717, 1.165) is 0 Å². The van der Waals surface area contributed by atoms with Crippen LogP contribution < -0.4 is 5.32 Å². The molecule has 1 N–H and O–H groups in total. The normalized spacial score (nSPS) is 14.2. The third-order valence-corrected chi connectivity index (χ3v) is 3.45. The van der Waals surface area contributed by atoms with E-state index < -0.39 is 0 Å². The van der Waals surface area contributed by atoms with Crippen molar-refractivity contribution < 1.29 is 0 Å². The standard InChI is InChI=1S/C17H21N/c1-13-9-7-8-12-17(13)15(3)18-14(2)16-10-5-4-6-11-16/h4-12,14-15,18H,1-3H3/t14-,15-/m1/s1. The van der Waals surface area contributed by atoms with Gasteiger partial charge in [-0.2, -0.15) is 0 Å². The molecule has 94 valence electrons. The Balaban J connectivity index is 2.08. The Labute approximate surface area is 110 Å². The van der Waals surface area contributed by atoms with Gasteiger partial charge in [-0.15, -0.1) is 0 Å². The highest BCUT2D eigenvalue weighted by Gasteiger charge is 2.11. The smallest absolute Gasteiger partial charge is 0.0300 e.